The fourth-order valence-corrected chi connectivity index (χ4v) is 2.37. The Morgan fingerprint density at radius 2 is 2.38 bits per heavy atom. The van der Waals surface area contributed by atoms with E-state index in [1.54, 1.807) is 0 Å². The van der Waals surface area contributed by atoms with E-state index in [2.05, 4.69) is 0 Å². The molecular weight excluding hydrogens is 172 g/mol. The number of carboxylic acids is 1. The zero-order valence-corrected chi connectivity index (χ0v) is 7.19. The summed E-state index contributed by atoms with van der Waals surface area (Å²) in [6.45, 7) is 0.541. The second kappa shape index (κ2) is 2.45. The van der Waals surface area contributed by atoms with Crippen LogP contribution in [0.15, 0.2) is 0 Å². The van der Waals surface area contributed by atoms with Crippen molar-refractivity contribution >= 4 is 11.9 Å². The zero-order chi connectivity index (χ0) is 9.64. The number of hydrogen-bond donors (Lipinski definition) is 2. The fourth-order valence-electron chi connectivity index (χ4n) is 2.37. The minimum absolute atomic E-state index is 0.208. The van der Waals surface area contributed by atoms with Gasteiger partial charge in [-0.25, -0.2) is 4.79 Å². The fraction of sp³-hybridized carbons (Fsp3) is 0.750. The van der Waals surface area contributed by atoms with Crippen molar-refractivity contribution < 1.29 is 14.7 Å². The third-order valence-electron chi connectivity index (χ3n) is 3.03. The molecule has 2 heterocycles. The number of hydrogen-bond acceptors (Lipinski definition) is 3. The average Bonchev–Trinajstić information content (AvgIpc) is 2.55. The van der Waals surface area contributed by atoms with Crippen LogP contribution in [0.2, 0.25) is 0 Å². The number of amides is 1. The van der Waals surface area contributed by atoms with Crippen LogP contribution in [0.4, 0.5) is 0 Å². The Morgan fingerprint density at radius 3 is 2.92 bits per heavy atom. The third-order valence-corrected chi connectivity index (χ3v) is 3.03. The van der Waals surface area contributed by atoms with Crippen LogP contribution < -0.4 is 5.73 Å². The first-order valence-electron chi connectivity index (χ1n) is 4.38. The standard InChI is InChI=1S/C8H12N2O3/c9-5-4-8(7(12)13)2-1-3-10(8)6(5)11/h5H,1-4,9H2,(H,12,13)/t5-,8-/m1/s1. The molecule has 1 amide bonds. The Kier molecular flexibility index (Phi) is 1.60. The number of aliphatic carboxylic acids is 1. The van der Waals surface area contributed by atoms with Crippen molar-refractivity contribution in [3.8, 4) is 0 Å². The summed E-state index contributed by atoms with van der Waals surface area (Å²) in [7, 11) is 0. The van der Waals surface area contributed by atoms with Crippen molar-refractivity contribution in [2.45, 2.75) is 30.8 Å². The highest BCUT2D eigenvalue weighted by Gasteiger charge is 2.57. The van der Waals surface area contributed by atoms with Crippen molar-refractivity contribution in [1.82, 2.24) is 4.90 Å². The van der Waals surface area contributed by atoms with Crippen LogP contribution in [0.1, 0.15) is 19.3 Å². The topological polar surface area (TPSA) is 83.6 Å². The normalized spacial score (nSPS) is 38.1. The van der Waals surface area contributed by atoms with Gasteiger partial charge in [0.2, 0.25) is 5.91 Å². The first-order valence-corrected chi connectivity index (χ1v) is 4.38. The number of nitrogens with two attached hydrogens (primary N) is 1. The molecule has 13 heavy (non-hydrogen) atoms. The Bertz CT molecular complexity index is 279. The molecule has 0 aromatic rings. The minimum Gasteiger partial charge on any atom is -0.479 e. The molecule has 2 fully saturated rings. The first kappa shape index (κ1) is 8.50. The van der Waals surface area contributed by atoms with Crippen LogP contribution >= 0.6 is 0 Å². The molecule has 0 aliphatic carbocycles. The lowest BCUT2D eigenvalue weighted by atomic mass is 9.93. The summed E-state index contributed by atoms with van der Waals surface area (Å²) in [4.78, 5) is 23.9. The highest BCUT2D eigenvalue weighted by Crippen LogP contribution is 2.39. The predicted molar refractivity (Wildman–Crippen MR) is 43.9 cm³/mol. The van der Waals surface area contributed by atoms with Crippen molar-refractivity contribution in [1.29, 1.82) is 0 Å². The molecule has 2 aliphatic heterocycles. The average molecular weight is 184 g/mol. The molecule has 2 rings (SSSR count). The smallest absolute Gasteiger partial charge is 0.329 e. The van der Waals surface area contributed by atoms with E-state index in [0.29, 0.717) is 13.0 Å². The summed E-state index contributed by atoms with van der Waals surface area (Å²) in [6, 6.07) is -0.614. The van der Waals surface area contributed by atoms with E-state index in [-0.39, 0.29) is 12.3 Å². The number of nitrogens with zero attached hydrogens (tertiary/aromatic N) is 1. The van der Waals surface area contributed by atoms with Crippen molar-refractivity contribution in [2.75, 3.05) is 6.54 Å². The van der Waals surface area contributed by atoms with Crippen LogP contribution in [0, 0.1) is 0 Å². The van der Waals surface area contributed by atoms with Crippen molar-refractivity contribution in [3.05, 3.63) is 0 Å². The summed E-state index contributed by atoms with van der Waals surface area (Å²) in [5.74, 6) is -1.12. The van der Waals surface area contributed by atoms with E-state index in [0.717, 1.165) is 6.42 Å². The first-order chi connectivity index (χ1) is 6.08. The quantitative estimate of drug-likeness (QED) is 0.556. The zero-order valence-electron chi connectivity index (χ0n) is 7.19. The molecule has 0 radical (unpaired) electrons. The molecule has 0 bridgehead atoms. The molecule has 2 aliphatic rings. The van der Waals surface area contributed by atoms with Crippen molar-refractivity contribution in [2.24, 2.45) is 5.73 Å². The maximum Gasteiger partial charge on any atom is 0.329 e. The molecule has 0 saturated carbocycles. The molecule has 0 unspecified atom stereocenters. The second-order valence-electron chi connectivity index (χ2n) is 3.74. The van der Waals surface area contributed by atoms with Gasteiger partial charge in [0.05, 0.1) is 6.04 Å². The van der Waals surface area contributed by atoms with Crippen LogP contribution in [-0.2, 0) is 9.59 Å². The molecule has 2 saturated heterocycles. The van der Waals surface area contributed by atoms with E-state index < -0.39 is 17.6 Å². The molecule has 2 atom stereocenters. The highest BCUT2D eigenvalue weighted by molar-refractivity contribution is 5.94. The molecule has 5 heteroatoms. The van der Waals surface area contributed by atoms with Gasteiger partial charge >= 0.3 is 5.97 Å². The van der Waals surface area contributed by atoms with Crippen LogP contribution in [0.5, 0.6) is 0 Å². The van der Waals surface area contributed by atoms with Crippen LogP contribution in [0.25, 0.3) is 0 Å². The van der Waals surface area contributed by atoms with Gasteiger partial charge in [0.25, 0.3) is 0 Å². The maximum atomic E-state index is 11.4. The predicted octanol–water partition coefficient (Wildman–Crippen LogP) is -0.837. The molecule has 0 aromatic carbocycles. The van der Waals surface area contributed by atoms with Gasteiger partial charge in [0.1, 0.15) is 5.54 Å². The van der Waals surface area contributed by atoms with Gasteiger partial charge in [-0.1, -0.05) is 0 Å². The largest absolute Gasteiger partial charge is 0.479 e. The van der Waals surface area contributed by atoms with E-state index in [4.69, 9.17) is 10.8 Å². The van der Waals surface area contributed by atoms with E-state index in [9.17, 15) is 9.59 Å². The highest BCUT2D eigenvalue weighted by atomic mass is 16.4. The molecule has 0 aromatic heterocycles. The summed E-state index contributed by atoms with van der Waals surface area (Å²) in [5.41, 5.74) is 4.56. The van der Waals surface area contributed by atoms with Crippen molar-refractivity contribution in [3.63, 3.8) is 0 Å². The Labute approximate surface area is 75.5 Å². The number of fused-ring (bicyclic) bond motifs is 1. The Hall–Kier alpha value is -1.10. The number of rotatable bonds is 1. The molecule has 3 N–H and O–H groups in total. The molecular formula is C8H12N2O3. The minimum atomic E-state index is -0.976. The number of carboxylic acid groups (broad SMARTS) is 1. The van der Waals surface area contributed by atoms with Gasteiger partial charge < -0.3 is 15.7 Å². The van der Waals surface area contributed by atoms with Gasteiger partial charge in [0.15, 0.2) is 0 Å². The second-order valence-corrected chi connectivity index (χ2v) is 3.74. The summed E-state index contributed by atoms with van der Waals surface area (Å²) in [6.07, 6.45) is 1.58. The van der Waals surface area contributed by atoms with Gasteiger partial charge in [-0.3, -0.25) is 4.79 Å². The van der Waals surface area contributed by atoms with E-state index in [1.165, 1.54) is 4.90 Å². The molecule has 72 valence electrons. The van der Waals surface area contributed by atoms with Gasteiger partial charge in [-0.15, -0.1) is 0 Å². The van der Waals surface area contributed by atoms with Gasteiger partial charge in [-0.2, -0.15) is 0 Å². The van der Waals surface area contributed by atoms with E-state index in [1.807, 2.05) is 0 Å². The molecule has 5 nitrogen and oxygen atoms in total. The Morgan fingerprint density at radius 1 is 1.69 bits per heavy atom. The third kappa shape index (κ3) is 0.904. The number of carbonyl (C=O) groups is 2. The Balaban J connectivity index is 2.37. The number of carbonyl (C=O) groups excluding carboxylic acids is 1. The lowest BCUT2D eigenvalue weighted by Crippen LogP contribution is -2.47. The summed E-state index contributed by atoms with van der Waals surface area (Å²) in [5, 5.41) is 9.06. The van der Waals surface area contributed by atoms with Crippen LogP contribution in [0.3, 0.4) is 0 Å². The van der Waals surface area contributed by atoms with Gasteiger partial charge in [0, 0.05) is 13.0 Å². The lowest BCUT2D eigenvalue weighted by molar-refractivity contribution is -0.151. The van der Waals surface area contributed by atoms with Gasteiger partial charge in [-0.05, 0) is 12.8 Å². The SMILES string of the molecule is N[C@@H]1C[C@@]2(C(=O)O)CCCN2C1=O. The maximum absolute atomic E-state index is 11.4. The summed E-state index contributed by atoms with van der Waals surface area (Å²) < 4.78 is 0. The lowest BCUT2D eigenvalue weighted by Gasteiger charge is -2.26. The van der Waals surface area contributed by atoms with E-state index >= 15 is 0 Å². The molecule has 0 spiro atoms. The monoisotopic (exact) mass is 184 g/mol. The summed E-state index contributed by atoms with van der Waals surface area (Å²) >= 11 is 0. The van der Waals surface area contributed by atoms with Crippen LogP contribution in [-0.4, -0.2) is 40.0 Å².